The number of benzene rings is 1. The van der Waals surface area contributed by atoms with E-state index in [1.165, 1.54) is 0 Å². The Morgan fingerprint density at radius 1 is 1.19 bits per heavy atom. The van der Waals surface area contributed by atoms with E-state index in [9.17, 15) is 9.59 Å². The van der Waals surface area contributed by atoms with E-state index < -0.39 is 0 Å². The first-order valence-corrected chi connectivity index (χ1v) is 10.2. The Morgan fingerprint density at radius 3 is 2.59 bits per heavy atom. The summed E-state index contributed by atoms with van der Waals surface area (Å²) in [5, 5.41) is 3.47. The maximum Gasteiger partial charge on any atom is 0.228 e. The number of carbonyl (C=O) groups is 2. The van der Waals surface area contributed by atoms with Crippen LogP contribution in [0.1, 0.15) is 26.2 Å². The van der Waals surface area contributed by atoms with Gasteiger partial charge in [0.25, 0.3) is 0 Å². The minimum Gasteiger partial charge on any atom is -0.492 e. The molecule has 6 heteroatoms. The van der Waals surface area contributed by atoms with Gasteiger partial charge in [-0.3, -0.25) is 9.59 Å². The fourth-order valence-corrected chi connectivity index (χ4v) is 4.76. The van der Waals surface area contributed by atoms with Crippen molar-refractivity contribution in [1.29, 1.82) is 0 Å². The number of para-hydroxylation sites is 2. The van der Waals surface area contributed by atoms with Gasteiger partial charge in [-0.25, -0.2) is 0 Å². The van der Waals surface area contributed by atoms with Crippen LogP contribution in [-0.2, 0) is 9.59 Å². The second-order valence-corrected chi connectivity index (χ2v) is 7.89. The first-order valence-electron chi connectivity index (χ1n) is 10.2. The molecule has 3 aliphatic rings. The summed E-state index contributed by atoms with van der Waals surface area (Å²) in [6.07, 6.45) is 2.44. The van der Waals surface area contributed by atoms with Crippen LogP contribution in [0.5, 0.6) is 5.75 Å². The number of fused-ring (bicyclic) bond motifs is 1. The molecule has 3 atom stereocenters. The molecule has 1 aromatic rings. The molecule has 1 unspecified atom stereocenters. The van der Waals surface area contributed by atoms with E-state index in [4.69, 9.17) is 4.74 Å². The van der Waals surface area contributed by atoms with Crippen molar-refractivity contribution >= 4 is 17.5 Å². The van der Waals surface area contributed by atoms with Gasteiger partial charge in [0.05, 0.1) is 18.2 Å². The SMILES string of the molecule is CCOc1ccccc1N1CC(C(=O)N2CC[C@@H]3CNC[C@@H]3CC2)CC1=O. The lowest BCUT2D eigenvalue weighted by molar-refractivity contribution is -0.135. The summed E-state index contributed by atoms with van der Waals surface area (Å²) >= 11 is 0. The van der Waals surface area contributed by atoms with Crippen LogP contribution < -0.4 is 15.0 Å². The zero-order chi connectivity index (χ0) is 18.8. The molecule has 6 nitrogen and oxygen atoms in total. The van der Waals surface area contributed by atoms with Gasteiger partial charge in [0, 0.05) is 26.1 Å². The van der Waals surface area contributed by atoms with E-state index in [0.29, 0.717) is 37.2 Å². The predicted molar refractivity (Wildman–Crippen MR) is 104 cm³/mol. The topological polar surface area (TPSA) is 61.9 Å². The van der Waals surface area contributed by atoms with Crippen LogP contribution in [0, 0.1) is 17.8 Å². The minimum atomic E-state index is -0.247. The third-order valence-electron chi connectivity index (χ3n) is 6.26. The largest absolute Gasteiger partial charge is 0.492 e. The number of ether oxygens (including phenoxy) is 1. The van der Waals surface area contributed by atoms with Gasteiger partial charge in [0.15, 0.2) is 0 Å². The van der Waals surface area contributed by atoms with Crippen molar-refractivity contribution in [2.45, 2.75) is 26.2 Å². The smallest absolute Gasteiger partial charge is 0.228 e. The summed E-state index contributed by atoms with van der Waals surface area (Å²) in [5.41, 5.74) is 0.774. The van der Waals surface area contributed by atoms with Crippen LogP contribution in [0.3, 0.4) is 0 Å². The molecular formula is C21H29N3O3. The lowest BCUT2D eigenvalue weighted by Crippen LogP contribution is -2.38. The van der Waals surface area contributed by atoms with Crippen molar-refractivity contribution in [3.63, 3.8) is 0 Å². The molecule has 3 saturated heterocycles. The predicted octanol–water partition coefficient (Wildman–Crippen LogP) is 1.90. The summed E-state index contributed by atoms with van der Waals surface area (Å²) in [6.45, 7) is 6.73. The second kappa shape index (κ2) is 7.89. The molecule has 0 saturated carbocycles. The lowest BCUT2D eigenvalue weighted by Gasteiger charge is -2.25. The molecule has 0 aliphatic carbocycles. The Labute approximate surface area is 160 Å². The van der Waals surface area contributed by atoms with E-state index in [2.05, 4.69) is 5.32 Å². The summed E-state index contributed by atoms with van der Waals surface area (Å²) in [6, 6.07) is 7.58. The highest BCUT2D eigenvalue weighted by atomic mass is 16.5. The van der Waals surface area contributed by atoms with E-state index in [1.807, 2.05) is 36.1 Å². The molecule has 3 fully saturated rings. The van der Waals surface area contributed by atoms with Gasteiger partial charge in [-0.05, 0) is 56.8 Å². The molecule has 27 heavy (non-hydrogen) atoms. The third-order valence-corrected chi connectivity index (χ3v) is 6.26. The molecule has 1 N–H and O–H groups in total. The summed E-state index contributed by atoms with van der Waals surface area (Å²) in [4.78, 5) is 29.5. The number of likely N-dealkylation sites (tertiary alicyclic amines) is 1. The average Bonchev–Trinajstić information content (AvgIpc) is 3.23. The van der Waals surface area contributed by atoms with E-state index in [0.717, 1.165) is 44.7 Å². The molecule has 3 heterocycles. The Kier molecular flexibility index (Phi) is 5.34. The van der Waals surface area contributed by atoms with Crippen molar-refractivity contribution in [3.05, 3.63) is 24.3 Å². The zero-order valence-corrected chi connectivity index (χ0v) is 16.0. The fourth-order valence-electron chi connectivity index (χ4n) is 4.76. The maximum absolute atomic E-state index is 13.1. The van der Waals surface area contributed by atoms with Crippen LogP contribution in [0.2, 0.25) is 0 Å². The zero-order valence-electron chi connectivity index (χ0n) is 16.0. The van der Waals surface area contributed by atoms with E-state index in [-0.39, 0.29) is 17.7 Å². The number of amides is 2. The van der Waals surface area contributed by atoms with Gasteiger partial charge >= 0.3 is 0 Å². The fraction of sp³-hybridized carbons (Fsp3) is 0.619. The Hall–Kier alpha value is -2.08. The monoisotopic (exact) mass is 371 g/mol. The van der Waals surface area contributed by atoms with Crippen molar-refractivity contribution in [3.8, 4) is 5.75 Å². The molecule has 0 aromatic heterocycles. The maximum atomic E-state index is 13.1. The Balaban J connectivity index is 1.44. The minimum absolute atomic E-state index is 0.0106. The molecular weight excluding hydrogens is 342 g/mol. The van der Waals surface area contributed by atoms with Gasteiger partial charge in [0.1, 0.15) is 5.75 Å². The summed E-state index contributed by atoms with van der Waals surface area (Å²) in [7, 11) is 0. The van der Waals surface area contributed by atoms with Crippen molar-refractivity contribution in [2.75, 3.05) is 44.2 Å². The number of hydrogen-bond donors (Lipinski definition) is 1. The second-order valence-electron chi connectivity index (χ2n) is 7.89. The highest BCUT2D eigenvalue weighted by molar-refractivity contribution is 6.01. The van der Waals surface area contributed by atoms with Crippen LogP contribution in [0.15, 0.2) is 24.3 Å². The van der Waals surface area contributed by atoms with Gasteiger partial charge in [0.2, 0.25) is 11.8 Å². The van der Waals surface area contributed by atoms with Gasteiger partial charge in [-0.2, -0.15) is 0 Å². The molecule has 2 amide bonds. The third kappa shape index (κ3) is 3.68. The lowest BCUT2D eigenvalue weighted by atomic mass is 9.92. The first kappa shape index (κ1) is 18.3. The van der Waals surface area contributed by atoms with Gasteiger partial charge < -0.3 is 19.9 Å². The molecule has 0 radical (unpaired) electrons. The quantitative estimate of drug-likeness (QED) is 0.878. The van der Waals surface area contributed by atoms with E-state index in [1.54, 1.807) is 4.90 Å². The highest BCUT2D eigenvalue weighted by Crippen LogP contribution is 2.34. The van der Waals surface area contributed by atoms with E-state index >= 15 is 0 Å². The van der Waals surface area contributed by atoms with Crippen molar-refractivity contribution in [2.24, 2.45) is 17.8 Å². The summed E-state index contributed by atoms with van der Waals surface area (Å²) in [5.74, 6) is 2.01. The number of nitrogens with zero attached hydrogens (tertiary/aromatic N) is 2. The Bertz CT molecular complexity index is 694. The summed E-state index contributed by atoms with van der Waals surface area (Å²) < 4.78 is 5.67. The van der Waals surface area contributed by atoms with Crippen LogP contribution >= 0.6 is 0 Å². The molecule has 3 aliphatic heterocycles. The number of nitrogens with one attached hydrogen (secondary N) is 1. The number of hydrogen-bond acceptors (Lipinski definition) is 4. The Morgan fingerprint density at radius 2 is 1.89 bits per heavy atom. The molecule has 0 bridgehead atoms. The number of anilines is 1. The van der Waals surface area contributed by atoms with Crippen LogP contribution in [0.4, 0.5) is 5.69 Å². The van der Waals surface area contributed by atoms with Crippen LogP contribution in [0.25, 0.3) is 0 Å². The molecule has 0 spiro atoms. The van der Waals surface area contributed by atoms with Crippen LogP contribution in [-0.4, -0.2) is 56.0 Å². The standard InChI is InChI=1S/C21H29N3O3/c1-2-27-19-6-4-3-5-18(19)24-14-17(11-20(24)25)21(26)23-9-7-15-12-22-13-16(15)8-10-23/h3-6,15-17,22H,2,7-14H2,1H3/t15-,16+,17?. The first-order chi connectivity index (χ1) is 13.2. The molecule has 4 rings (SSSR count). The number of rotatable bonds is 4. The highest BCUT2D eigenvalue weighted by Gasteiger charge is 2.39. The average molecular weight is 371 g/mol. The van der Waals surface area contributed by atoms with Gasteiger partial charge in [-0.1, -0.05) is 12.1 Å². The van der Waals surface area contributed by atoms with Gasteiger partial charge in [-0.15, -0.1) is 0 Å². The van der Waals surface area contributed by atoms with Crippen molar-refractivity contribution in [1.82, 2.24) is 10.2 Å². The van der Waals surface area contributed by atoms with Crippen molar-refractivity contribution < 1.29 is 14.3 Å². The molecule has 1 aromatic carbocycles. The normalized spacial score (nSPS) is 28.2. The molecule has 146 valence electrons. The number of carbonyl (C=O) groups excluding carboxylic acids is 2.